The molecule has 0 atom stereocenters. The highest BCUT2D eigenvalue weighted by Crippen LogP contribution is 2.36. The van der Waals surface area contributed by atoms with Gasteiger partial charge in [-0.2, -0.15) is 0 Å². The molecule has 0 bridgehead atoms. The van der Waals surface area contributed by atoms with Crippen molar-refractivity contribution in [3.8, 4) is 22.6 Å². The Labute approximate surface area is 203 Å². The Morgan fingerprint density at radius 3 is 2.57 bits per heavy atom. The lowest BCUT2D eigenvalue weighted by molar-refractivity contribution is 0.141. The Hall–Kier alpha value is -3.76. The van der Waals surface area contributed by atoms with Gasteiger partial charge in [0.05, 0.1) is 16.8 Å². The zero-order chi connectivity index (χ0) is 25.0. The maximum absolute atomic E-state index is 14.0. The largest absolute Gasteiger partial charge is 0.445 e. The molecule has 4 aromatic rings. The molecule has 35 heavy (non-hydrogen) atoms. The Kier molecular flexibility index (Phi) is 7.13. The summed E-state index contributed by atoms with van der Waals surface area (Å²) < 4.78 is 45.3. The standard InChI is InChI=1S/C25H24N3O6S/c1-4-12-32-16-28(25-17(2)18(3)27-34-25)35(30,31)23-8-6-5-7-22(23)21-10-9-19(14-20(21)15-29)24-26-11-13-33-24/h5-11,13-14H,4,12,16H2,1-3H3. The monoisotopic (exact) mass is 494 g/mol. The van der Waals surface area contributed by atoms with E-state index in [2.05, 4.69) is 10.1 Å². The van der Waals surface area contributed by atoms with Gasteiger partial charge < -0.3 is 13.7 Å². The van der Waals surface area contributed by atoms with Crippen LogP contribution in [0.15, 0.2) is 68.8 Å². The second-order valence-corrected chi connectivity index (χ2v) is 9.62. The fourth-order valence-electron chi connectivity index (χ4n) is 3.56. The minimum Gasteiger partial charge on any atom is -0.445 e. The molecule has 0 saturated heterocycles. The molecule has 0 fully saturated rings. The van der Waals surface area contributed by atoms with Crippen molar-refractivity contribution in [2.45, 2.75) is 32.1 Å². The van der Waals surface area contributed by atoms with E-state index in [0.717, 1.165) is 4.31 Å². The van der Waals surface area contributed by atoms with Gasteiger partial charge in [0.1, 0.15) is 13.0 Å². The van der Waals surface area contributed by atoms with Crippen LogP contribution < -0.4 is 4.31 Å². The van der Waals surface area contributed by atoms with E-state index in [1.54, 1.807) is 50.2 Å². The van der Waals surface area contributed by atoms with Crippen molar-refractivity contribution < 1.29 is 26.9 Å². The van der Waals surface area contributed by atoms with Crippen LogP contribution >= 0.6 is 0 Å². The van der Waals surface area contributed by atoms with Gasteiger partial charge in [-0.3, -0.25) is 4.79 Å². The number of rotatable bonds is 10. The van der Waals surface area contributed by atoms with E-state index < -0.39 is 10.0 Å². The maximum atomic E-state index is 14.0. The van der Waals surface area contributed by atoms with Gasteiger partial charge in [-0.25, -0.2) is 17.7 Å². The SMILES string of the molecule is CCCOCN(c1onc(C)c1C)S(=O)(=O)c1ccccc1-c1ccc(-c2ncco2)cc1[C]=O. The Bertz CT molecular complexity index is 1430. The number of sulfonamides is 1. The minimum atomic E-state index is -4.19. The Balaban J connectivity index is 1.84. The summed E-state index contributed by atoms with van der Waals surface area (Å²) in [6, 6.07) is 11.3. The van der Waals surface area contributed by atoms with E-state index in [9.17, 15) is 13.2 Å². The molecule has 0 spiro atoms. The fraction of sp³-hybridized carbons (Fsp3) is 0.240. The van der Waals surface area contributed by atoms with Crippen molar-refractivity contribution >= 4 is 22.2 Å². The van der Waals surface area contributed by atoms with Gasteiger partial charge in [0.2, 0.25) is 18.1 Å². The molecule has 4 rings (SSSR count). The van der Waals surface area contributed by atoms with Crippen molar-refractivity contribution in [3.63, 3.8) is 0 Å². The van der Waals surface area contributed by atoms with E-state index >= 15 is 0 Å². The van der Waals surface area contributed by atoms with Crippen LogP contribution in [0.4, 0.5) is 5.88 Å². The normalized spacial score (nSPS) is 11.5. The van der Waals surface area contributed by atoms with E-state index in [-0.39, 0.29) is 23.1 Å². The number of benzene rings is 2. The molecule has 0 aliphatic rings. The smallest absolute Gasteiger partial charge is 0.269 e. The lowest BCUT2D eigenvalue weighted by Gasteiger charge is -2.23. The summed E-state index contributed by atoms with van der Waals surface area (Å²) in [5.41, 5.74) is 2.63. The van der Waals surface area contributed by atoms with Crippen LogP contribution in [-0.2, 0) is 19.6 Å². The Morgan fingerprint density at radius 1 is 1.11 bits per heavy atom. The van der Waals surface area contributed by atoms with Crippen molar-refractivity contribution in [2.24, 2.45) is 0 Å². The third-order valence-corrected chi connectivity index (χ3v) is 7.23. The summed E-state index contributed by atoms with van der Waals surface area (Å²) in [4.78, 5) is 16.0. The van der Waals surface area contributed by atoms with Gasteiger partial charge >= 0.3 is 0 Å². The number of ether oxygens (including phenoxy) is 1. The molecule has 0 N–H and O–H groups in total. The van der Waals surface area contributed by atoms with E-state index in [1.165, 1.54) is 18.5 Å². The van der Waals surface area contributed by atoms with Crippen molar-refractivity contribution in [2.75, 3.05) is 17.6 Å². The van der Waals surface area contributed by atoms with Crippen LogP contribution in [0.1, 0.15) is 30.2 Å². The summed E-state index contributed by atoms with van der Waals surface area (Å²) in [6.45, 7) is 5.51. The topological polar surface area (TPSA) is 116 Å². The second-order valence-electron chi connectivity index (χ2n) is 7.78. The number of hydrogen-bond acceptors (Lipinski definition) is 8. The van der Waals surface area contributed by atoms with Gasteiger partial charge in [0.25, 0.3) is 10.0 Å². The number of aromatic nitrogens is 2. The number of aryl methyl sites for hydroxylation is 1. The van der Waals surface area contributed by atoms with Gasteiger partial charge in [0.15, 0.2) is 0 Å². The zero-order valence-electron chi connectivity index (χ0n) is 19.5. The molecule has 2 aromatic carbocycles. The van der Waals surface area contributed by atoms with E-state index in [1.807, 2.05) is 13.2 Å². The van der Waals surface area contributed by atoms with Crippen LogP contribution in [0.5, 0.6) is 0 Å². The average molecular weight is 495 g/mol. The first-order valence-corrected chi connectivity index (χ1v) is 12.4. The van der Waals surface area contributed by atoms with Crippen LogP contribution in [0, 0.1) is 13.8 Å². The lowest BCUT2D eigenvalue weighted by Crippen LogP contribution is -2.34. The highest BCUT2D eigenvalue weighted by molar-refractivity contribution is 7.93. The molecule has 0 aliphatic heterocycles. The first-order valence-electron chi connectivity index (χ1n) is 10.9. The predicted octanol–water partition coefficient (Wildman–Crippen LogP) is 4.65. The molecule has 181 valence electrons. The van der Waals surface area contributed by atoms with E-state index in [4.69, 9.17) is 13.7 Å². The maximum Gasteiger partial charge on any atom is 0.269 e. The minimum absolute atomic E-state index is 0.0195. The van der Waals surface area contributed by atoms with Crippen LogP contribution in [0.3, 0.4) is 0 Å². The lowest BCUT2D eigenvalue weighted by atomic mass is 9.98. The first kappa shape index (κ1) is 24.4. The molecule has 2 aromatic heterocycles. The fourth-order valence-corrected chi connectivity index (χ4v) is 5.11. The van der Waals surface area contributed by atoms with Crippen LogP contribution in [0.2, 0.25) is 0 Å². The summed E-state index contributed by atoms with van der Waals surface area (Å²) in [6.07, 6.45) is 5.55. The second kappa shape index (κ2) is 10.2. The summed E-state index contributed by atoms with van der Waals surface area (Å²) in [7, 11) is -4.19. The number of hydrogen-bond donors (Lipinski definition) is 0. The molecule has 0 unspecified atom stereocenters. The molecule has 10 heteroatoms. The molecule has 2 heterocycles. The molecular formula is C25H24N3O6S. The van der Waals surface area contributed by atoms with Gasteiger partial charge in [-0.15, -0.1) is 0 Å². The number of anilines is 1. The first-order chi connectivity index (χ1) is 16.9. The average Bonchev–Trinajstić information content (AvgIpc) is 3.52. The highest BCUT2D eigenvalue weighted by Gasteiger charge is 2.32. The molecule has 9 nitrogen and oxygen atoms in total. The van der Waals surface area contributed by atoms with Crippen molar-refractivity contribution in [1.29, 1.82) is 0 Å². The quantitative estimate of drug-likeness (QED) is 0.231. The number of nitrogens with zero attached hydrogens (tertiary/aromatic N) is 3. The van der Waals surface area contributed by atoms with Gasteiger partial charge in [0, 0.05) is 28.9 Å². The predicted molar refractivity (Wildman–Crippen MR) is 129 cm³/mol. The van der Waals surface area contributed by atoms with E-state index in [0.29, 0.717) is 46.9 Å². The summed E-state index contributed by atoms with van der Waals surface area (Å²) in [5.74, 6) is 0.416. The van der Waals surface area contributed by atoms with Crippen LogP contribution in [0.25, 0.3) is 22.6 Å². The third-order valence-electron chi connectivity index (χ3n) is 5.47. The highest BCUT2D eigenvalue weighted by atomic mass is 32.2. The van der Waals surface area contributed by atoms with Crippen molar-refractivity contribution in [1.82, 2.24) is 10.1 Å². The van der Waals surface area contributed by atoms with Crippen LogP contribution in [-0.4, -0.2) is 38.2 Å². The zero-order valence-corrected chi connectivity index (χ0v) is 20.3. The summed E-state index contributed by atoms with van der Waals surface area (Å²) >= 11 is 0. The molecule has 0 amide bonds. The molecule has 0 saturated carbocycles. The number of carbonyl (C=O) groups excluding carboxylic acids is 1. The van der Waals surface area contributed by atoms with Crippen molar-refractivity contribution in [3.05, 3.63) is 71.7 Å². The Morgan fingerprint density at radius 2 is 1.91 bits per heavy atom. The van der Waals surface area contributed by atoms with Gasteiger partial charge in [-0.1, -0.05) is 36.3 Å². The third kappa shape index (κ3) is 4.75. The summed E-state index contributed by atoms with van der Waals surface area (Å²) in [5, 5.41) is 3.91. The van der Waals surface area contributed by atoms with Gasteiger partial charge in [-0.05, 0) is 44.0 Å². The molecule has 1 radical (unpaired) electrons. The number of oxazole rings is 1. The molecule has 0 aliphatic carbocycles. The molecular weight excluding hydrogens is 470 g/mol.